The zero-order chi connectivity index (χ0) is 12.2. The van der Waals surface area contributed by atoms with Crippen molar-refractivity contribution in [2.75, 3.05) is 13.1 Å². The van der Waals surface area contributed by atoms with Gasteiger partial charge in [-0.1, -0.05) is 29.3 Å². The van der Waals surface area contributed by atoms with Crippen LogP contribution < -0.4 is 0 Å². The quantitative estimate of drug-likeness (QED) is 0.785. The maximum Gasteiger partial charge on any atom is 0.0595 e. The lowest BCUT2D eigenvalue weighted by Crippen LogP contribution is -2.32. The van der Waals surface area contributed by atoms with Crippen molar-refractivity contribution in [3.8, 4) is 0 Å². The largest absolute Gasteiger partial charge is 0.300 e. The highest BCUT2D eigenvalue weighted by molar-refractivity contribution is 6.42. The van der Waals surface area contributed by atoms with Gasteiger partial charge in [0.25, 0.3) is 0 Å². The molecule has 0 bridgehead atoms. The van der Waals surface area contributed by atoms with Gasteiger partial charge in [0.2, 0.25) is 0 Å². The number of halogens is 2. The summed E-state index contributed by atoms with van der Waals surface area (Å²) < 4.78 is 0. The van der Waals surface area contributed by atoms with Gasteiger partial charge >= 0.3 is 0 Å². The second kappa shape index (κ2) is 3.88. The third-order valence-corrected chi connectivity index (χ3v) is 5.14. The van der Waals surface area contributed by atoms with Crippen LogP contribution in [0.2, 0.25) is 10.0 Å². The molecule has 0 radical (unpaired) electrons. The van der Waals surface area contributed by atoms with E-state index < -0.39 is 0 Å². The summed E-state index contributed by atoms with van der Waals surface area (Å²) in [7, 11) is 0. The Morgan fingerprint density at radius 1 is 1.29 bits per heavy atom. The molecule has 92 valence electrons. The van der Waals surface area contributed by atoms with Gasteiger partial charge < -0.3 is 0 Å². The van der Waals surface area contributed by atoms with Crippen LogP contribution in [0.25, 0.3) is 0 Å². The van der Waals surface area contributed by atoms with Crippen LogP contribution in [0.5, 0.6) is 0 Å². The second-order valence-electron chi connectivity index (χ2n) is 5.71. The summed E-state index contributed by atoms with van der Waals surface area (Å²) in [5, 5.41) is 1.34. The lowest BCUT2D eigenvalue weighted by atomic mass is 9.95. The van der Waals surface area contributed by atoms with Crippen molar-refractivity contribution in [1.29, 1.82) is 0 Å². The average molecular weight is 270 g/mol. The van der Waals surface area contributed by atoms with Crippen LogP contribution >= 0.6 is 23.2 Å². The molecule has 1 saturated carbocycles. The number of hydrogen-bond acceptors (Lipinski definition) is 1. The normalized spacial score (nSPS) is 31.9. The topological polar surface area (TPSA) is 3.24 Å². The molecule has 1 aliphatic heterocycles. The number of hydrogen-bond donors (Lipinski definition) is 0. The predicted octanol–water partition coefficient (Wildman–Crippen LogP) is 3.98. The molecule has 3 rings (SSSR count). The van der Waals surface area contributed by atoms with E-state index in [1.54, 1.807) is 0 Å². The molecule has 2 aliphatic rings. The van der Waals surface area contributed by atoms with Crippen molar-refractivity contribution < 1.29 is 0 Å². The molecular weight excluding hydrogens is 253 g/mol. The monoisotopic (exact) mass is 269 g/mol. The van der Waals surface area contributed by atoms with Crippen LogP contribution in [0.15, 0.2) is 18.2 Å². The minimum absolute atomic E-state index is 0.374. The van der Waals surface area contributed by atoms with Crippen LogP contribution in [0.3, 0.4) is 0 Å². The number of rotatable bonds is 2. The summed E-state index contributed by atoms with van der Waals surface area (Å²) >= 11 is 12.1. The van der Waals surface area contributed by atoms with Gasteiger partial charge in [-0.25, -0.2) is 0 Å². The Kier molecular flexibility index (Phi) is 2.70. The smallest absolute Gasteiger partial charge is 0.0595 e. The Morgan fingerprint density at radius 2 is 2.06 bits per heavy atom. The Morgan fingerprint density at radius 3 is 2.65 bits per heavy atom. The van der Waals surface area contributed by atoms with E-state index in [4.69, 9.17) is 23.2 Å². The molecule has 17 heavy (non-hydrogen) atoms. The number of likely N-dealkylation sites (tertiary alicyclic amines) is 1. The van der Waals surface area contributed by atoms with Crippen molar-refractivity contribution in [1.82, 2.24) is 4.90 Å². The molecule has 1 saturated heterocycles. The van der Waals surface area contributed by atoms with Crippen LogP contribution in [0.1, 0.15) is 25.8 Å². The van der Waals surface area contributed by atoms with Gasteiger partial charge in [0, 0.05) is 24.5 Å². The summed E-state index contributed by atoms with van der Waals surface area (Å²) in [5.74, 6) is 0.821. The SMILES string of the molecule is CC(C)N1C[C@@H]2CC2(c2ccc(Cl)c(Cl)c2)C1. The summed E-state index contributed by atoms with van der Waals surface area (Å²) in [4.78, 5) is 2.57. The Hall–Kier alpha value is -0.240. The van der Waals surface area contributed by atoms with Gasteiger partial charge in [-0.05, 0) is 43.9 Å². The van der Waals surface area contributed by atoms with E-state index in [1.165, 1.54) is 25.1 Å². The van der Waals surface area contributed by atoms with E-state index in [2.05, 4.69) is 30.9 Å². The van der Waals surface area contributed by atoms with Crippen molar-refractivity contribution in [3.05, 3.63) is 33.8 Å². The summed E-state index contributed by atoms with van der Waals surface area (Å²) in [6, 6.07) is 6.79. The lowest BCUT2D eigenvalue weighted by Gasteiger charge is -2.24. The highest BCUT2D eigenvalue weighted by Crippen LogP contribution is 2.59. The molecule has 2 fully saturated rings. The van der Waals surface area contributed by atoms with Crippen LogP contribution in [0.4, 0.5) is 0 Å². The molecule has 0 amide bonds. The first kappa shape index (κ1) is 11.8. The molecule has 1 nitrogen and oxygen atoms in total. The molecule has 1 heterocycles. The fourth-order valence-electron chi connectivity index (χ4n) is 3.17. The van der Waals surface area contributed by atoms with Crippen LogP contribution in [0, 0.1) is 5.92 Å². The van der Waals surface area contributed by atoms with Crippen LogP contribution in [-0.2, 0) is 5.41 Å². The molecule has 2 atom stereocenters. The number of nitrogens with zero attached hydrogens (tertiary/aromatic N) is 1. The minimum Gasteiger partial charge on any atom is -0.300 e. The van der Waals surface area contributed by atoms with E-state index in [0.29, 0.717) is 21.5 Å². The maximum atomic E-state index is 6.13. The molecular formula is C14H17Cl2N. The van der Waals surface area contributed by atoms with E-state index in [0.717, 1.165) is 5.92 Å². The van der Waals surface area contributed by atoms with Crippen LogP contribution in [-0.4, -0.2) is 24.0 Å². The Labute approximate surface area is 113 Å². The zero-order valence-electron chi connectivity index (χ0n) is 10.2. The highest BCUT2D eigenvalue weighted by Gasteiger charge is 2.60. The molecule has 1 unspecified atom stereocenters. The van der Waals surface area contributed by atoms with Gasteiger partial charge in [-0.3, -0.25) is 4.90 Å². The third kappa shape index (κ3) is 1.80. The van der Waals surface area contributed by atoms with Gasteiger partial charge in [-0.15, -0.1) is 0 Å². The summed E-state index contributed by atoms with van der Waals surface area (Å²) in [5.41, 5.74) is 1.75. The van der Waals surface area contributed by atoms with Gasteiger partial charge in [0.1, 0.15) is 0 Å². The fraction of sp³-hybridized carbons (Fsp3) is 0.571. The summed E-state index contributed by atoms with van der Waals surface area (Å²) in [6.45, 7) is 6.95. The minimum atomic E-state index is 0.374. The Bertz CT molecular complexity index is 458. The van der Waals surface area contributed by atoms with Crippen molar-refractivity contribution in [3.63, 3.8) is 0 Å². The first-order valence-corrected chi connectivity index (χ1v) is 6.98. The Balaban J connectivity index is 1.88. The highest BCUT2D eigenvalue weighted by atomic mass is 35.5. The summed E-state index contributed by atoms with van der Waals surface area (Å²) in [6.07, 6.45) is 1.31. The average Bonchev–Trinajstić information content (AvgIpc) is 2.85. The molecule has 0 N–H and O–H groups in total. The van der Waals surface area contributed by atoms with E-state index in [1.807, 2.05) is 6.07 Å². The van der Waals surface area contributed by atoms with Gasteiger partial charge in [-0.2, -0.15) is 0 Å². The van der Waals surface area contributed by atoms with E-state index in [-0.39, 0.29) is 0 Å². The maximum absolute atomic E-state index is 6.13. The first-order chi connectivity index (χ1) is 8.03. The standard InChI is InChI=1S/C14H17Cl2N/c1-9(2)17-7-11-6-14(11,8-17)10-3-4-12(15)13(16)5-10/h3-5,9,11H,6-8H2,1-2H3/t11-,14?/m0/s1. The van der Waals surface area contributed by atoms with E-state index in [9.17, 15) is 0 Å². The second-order valence-corrected chi connectivity index (χ2v) is 6.52. The predicted molar refractivity (Wildman–Crippen MR) is 73.0 cm³/mol. The fourth-order valence-corrected chi connectivity index (χ4v) is 3.47. The van der Waals surface area contributed by atoms with Gasteiger partial charge in [0.05, 0.1) is 10.0 Å². The number of piperidine rings is 1. The van der Waals surface area contributed by atoms with Crippen molar-refractivity contribution in [2.45, 2.75) is 31.7 Å². The molecule has 0 aromatic heterocycles. The number of fused-ring (bicyclic) bond motifs is 1. The third-order valence-electron chi connectivity index (χ3n) is 4.40. The van der Waals surface area contributed by atoms with E-state index >= 15 is 0 Å². The van der Waals surface area contributed by atoms with Crippen molar-refractivity contribution in [2.24, 2.45) is 5.92 Å². The molecule has 1 aliphatic carbocycles. The molecule has 1 aromatic rings. The first-order valence-electron chi connectivity index (χ1n) is 6.22. The zero-order valence-corrected chi connectivity index (χ0v) is 11.7. The lowest BCUT2D eigenvalue weighted by molar-refractivity contribution is 0.243. The number of benzene rings is 1. The molecule has 1 aromatic carbocycles. The molecule has 3 heteroatoms. The molecule has 0 spiro atoms. The van der Waals surface area contributed by atoms with Crippen molar-refractivity contribution >= 4 is 23.2 Å². The van der Waals surface area contributed by atoms with Gasteiger partial charge in [0.15, 0.2) is 0 Å².